The molecule has 0 saturated heterocycles. The molecular formula is C16H19N3O4S. The maximum absolute atomic E-state index is 12.4. The molecule has 128 valence electrons. The summed E-state index contributed by atoms with van der Waals surface area (Å²) in [6.45, 7) is -0.205. The van der Waals surface area contributed by atoms with Gasteiger partial charge in [0.25, 0.3) is 5.56 Å². The lowest BCUT2D eigenvalue weighted by Crippen LogP contribution is -2.44. The van der Waals surface area contributed by atoms with E-state index < -0.39 is 17.9 Å². The first kappa shape index (κ1) is 18.0. The zero-order valence-electron chi connectivity index (χ0n) is 13.5. The molecule has 2 aromatic rings. The van der Waals surface area contributed by atoms with Crippen molar-refractivity contribution in [1.29, 1.82) is 0 Å². The van der Waals surface area contributed by atoms with E-state index in [1.165, 1.54) is 18.0 Å². The van der Waals surface area contributed by atoms with Gasteiger partial charge in [0.05, 0.1) is 24.3 Å². The summed E-state index contributed by atoms with van der Waals surface area (Å²) < 4.78 is 5.92. The maximum Gasteiger partial charge on any atom is 0.328 e. The Kier molecular flexibility index (Phi) is 6.36. The van der Waals surface area contributed by atoms with Crippen LogP contribution in [0, 0.1) is 0 Å². The van der Waals surface area contributed by atoms with Crippen molar-refractivity contribution in [3.8, 4) is 0 Å². The molecule has 1 unspecified atom stereocenters. The number of amides is 1. The monoisotopic (exact) mass is 349 g/mol. The molecule has 0 aliphatic heterocycles. The van der Waals surface area contributed by atoms with E-state index in [1.54, 1.807) is 36.0 Å². The molecule has 0 radical (unpaired) electrons. The minimum absolute atomic E-state index is 0.205. The molecule has 1 heterocycles. The van der Waals surface area contributed by atoms with Gasteiger partial charge in [-0.3, -0.25) is 14.2 Å². The number of rotatable bonds is 7. The zero-order chi connectivity index (χ0) is 17.5. The van der Waals surface area contributed by atoms with Crippen molar-refractivity contribution in [2.75, 3.05) is 19.1 Å². The van der Waals surface area contributed by atoms with Crippen LogP contribution in [0.1, 0.15) is 6.42 Å². The molecular weight excluding hydrogens is 330 g/mol. The molecule has 0 saturated carbocycles. The lowest BCUT2D eigenvalue weighted by Gasteiger charge is -2.16. The molecule has 2 rings (SSSR count). The van der Waals surface area contributed by atoms with Crippen LogP contribution in [0.4, 0.5) is 0 Å². The number of para-hydroxylation sites is 1. The van der Waals surface area contributed by atoms with E-state index in [1.807, 2.05) is 6.26 Å². The predicted molar refractivity (Wildman–Crippen MR) is 92.9 cm³/mol. The quantitative estimate of drug-likeness (QED) is 0.744. The van der Waals surface area contributed by atoms with Crippen molar-refractivity contribution in [3.05, 3.63) is 40.9 Å². The molecule has 7 nitrogen and oxygen atoms in total. The largest absolute Gasteiger partial charge is 0.467 e. The van der Waals surface area contributed by atoms with Crippen LogP contribution in [0.25, 0.3) is 10.9 Å². The third kappa shape index (κ3) is 4.35. The van der Waals surface area contributed by atoms with Crippen LogP contribution in [0.2, 0.25) is 0 Å². The predicted octanol–water partition coefficient (Wildman–Crippen LogP) is 0.807. The Bertz CT molecular complexity index is 790. The second-order valence-electron chi connectivity index (χ2n) is 5.12. The van der Waals surface area contributed by atoms with E-state index in [-0.39, 0.29) is 12.1 Å². The standard InChI is InChI=1S/C16H19N3O4S/c1-23-16(22)13(7-8-24-2)18-14(20)9-19-10-17-12-6-4-3-5-11(12)15(19)21/h3-6,10,13H,7-9H2,1-2H3,(H,18,20). The van der Waals surface area contributed by atoms with Crippen LogP contribution in [0.15, 0.2) is 35.4 Å². The van der Waals surface area contributed by atoms with Gasteiger partial charge in [0.1, 0.15) is 12.6 Å². The van der Waals surface area contributed by atoms with Gasteiger partial charge in [0.2, 0.25) is 5.91 Å². The summed E-state index contributed by atoms with van der Waals surface area (Å²) in [5, 5.41) is 3.06. The van der Waals surface area contributed by atoms with Crippen molar-refractivity contribution >= 4 is 34.5 Å². The molecule has 1 aromatic heterocycles. The van der Waals surface area contributed by atoms with Crippen LogP contribution >= 0.6 is 11.8 Å². The summed E-state index contributed by atoms with van der Waals surface area (Å²) in [7, 11) is 1.28. The second-order valence-corrected chi connectivity index (χ2v) is 6.11. The number of methoxy groups -OCH3 is 1. The smallest absolute Gasteiger partial charge is 0.328 e. The number of carbonyl (C=O) groups excluding carboxylic acids is 2. The Balaban J connectivity index is 2.12. The number of carbonyl (C=O) groups is 2. The molecule has 24 heavy (non-hydrogen) atoms. The summed E-state index contributed by atoms with van der Waals surface area (Å²) in [5.74, 6) is -0.232. The van der Waals surface area contributed by atoms with E-state index in [0.29, 0.717) is 23.1 Å². The summed E-state index contributed by atoms with van der Waals surface area (Å²) in [6, 6.07) is 6.20. The van der Waals surface area contributed by atoms with Crippen LogP contribution in [0.5, 0.6) is 0 Å². The first-order valence-electron chi connectivity index (χ1n) is 7.37. The Morgan fingerprint density at radius 3 is 2.83 bits per heavy atom. The van der Waals surface area contributed by atoms with Gasteiger partial charge in [-0.15, -0.1) is 0 Å². The number of aromatic nitrogens is 2. The van der Waals surface area contributed by atoms with Crippen molar-refractivity contribution < 1.29 is 14.3 Å². The van der Waals surface area contributed by atoms with Gasteiger partial charge in [-0.2, -0.15) is 11.8 Å². The van der Waals surface area contributed by atoms with E-state index >= 15 is 0 Å². The normalized spacial score (nSPS) is 11.9. The van der Waals surface area contributed by atoms with Gasteiger partial charge in [0.15, 0.2) is 0 Å². The lowest BCUT2D eigenvalue weighted by atomic mass is 10.2. The van der Waals surface area contributed by atoms with Crippen molar-refractivity contribution in [1.82, 2.24) is 14.9 Å². The minimum atomic E-state index is -0.723. The maximum atomic E-state index is 12.4. The van der Waals surface area contributed by atoms with Crippen molar-refractivity contribution in [3.63, 3.8) is 0 Å². The van der Waals surface area contributed by atoms with E-state index in [2.05, 4.69) is 10.3 Å². The van der Waals surface area contributed by atoms with Gasteiger partial charge >= 0.3 is 5.97 Å². The average molecular weight is 349 g/mol. The highest BCUT2D eigenvalue weighted by Crippen LogP contribution is 2.05. The van der Waals surface area contributed by atoms with Crippen molar-refractivity contribution in [2.45, 2.75) is 19.0 Å². The van der Waals surface area contributed by atoms with Crippen LogP contribution in [0.3, 0.4) is 0 Å². The molecule has 8 heteroatoms. The fourth-order valence-electron chi connectivity index (χ4n) is 2.24. The fourth-order valence-corrected chi connectivity index (χ4v) is 2.71. The Morgan fingerprint density at radius 2 is 2.12 bits per heavy atom. The molecule has 0 fully saturated rings. The van der Waals surface area contributed by atoms with Crippen molar-refractivity contribution in [2.24, 2.45) is 0 Å². The van der Waals surface area contributed by atoms with E-state index in [4.69, 9.17) is 4.74 Å². The lowest BCUT2D eigenvalue weighted by molar-refractivity contribution is -0.145. The highest BCUT2D eigenvalue weighted by atomic mass is 32.2. The molecule has 0 aliphatic carbocycles. The number of benzene rings is 1. The van der Waals surface area contributed by atoms with E-state index in [9.17, 15) is 14.4 Å². The highest BCUT2D eigenvalue weighted by molar-refractivity contribution is 7.98. The minimum Gasteiger partial charge on any atom is -0.467 e. The van der Waals surface area contributed by atoms with Gasteiger partial charge in [-0.05, 0) is 30.6 Å². The number of ether oxygens (including phenoxy) is 1. The van der Waals surface area contributed by atoms with E-state index in [0.717, 1.165) is 0 Å². The SMILES string of the molecule is COC(=O)C(CCSC)NC(=O)Cn1cnc2ccccc2c1=O. The summed E-state index contributed by atoms with van der Waals surface area (Å²) >= 11 is 1.57. The summed E-state index contributed by atoms with van der Waals surface area (Å²) in [4.78, 5) is 40.4. The number of fused-ring (bicyclic) bond motifs is 1. The molecule has 1 N–H and O–H groups in total. The Labute approximate surface area is 143 Å². The van der Waals surface area contributed by atoms with Crippen LogP contribution < -0.4 is 10.9 Å². The van der Waals surface area contributed by atoms with Gasteiger partial charge in [0, 0.05) is 0 Å². The van der Waals surface area contributed by atoms with Crippen LogP contribution in [-0.2, 0) is 20.9 Å². The summed E-state index contributed by atoms with van der Waals surface area (Å²) in [5.41, 5.74) is 0.279. The highest BCUT2D eigenvalue weighted by Gasteiger charge is 2.21. The van der Waals surface area contributed by atoms with Gasteiger partial charge in [-0.25, -0.2) is 9.78 Å². The first-order chi connectivity index (χ1) is 11.6. The summed E-state index contributed by atoms with van der Waals surface area (Å²) in [6.07, 6.45) is 3.71. The third-order valence-electron chi connectivity index (χ3n) is 3.48. The number of nitrogens with one attached hydrogen (secondary N) is 1. The number of hydrogen-bond acceptors (Lipinski definition) is 6. The molecule has 0 spiro atoms. The Hall–Kier alpha value is -2.35. The molecule has 0 bridgehead atoms. The molecule has 1 amide bonds. The van der Waals surface area contributed by atoms with Gasteiger partial charge in [-0.1, -0.05) is 12.1 Å². The molecule has 1 atom stereocenters. The number of nitrogens with zero attached hydrogens (tertiary/aromatic N) is 2. The number of hydrogen-bond donors (Lipinski definition) is 1. The number of esters is 1. The fraction of sp³-hybridized carbons (Fsp3) is 0.375. The topological polar surface area (TPSA) is 90.3 Å². The first-order valence-corrected chi connectivity index (χ1v) is 8.76. The zero-order valence-corrected chi connectivity index (χ0v) is 14.3. The number of thioether (sulfide) groups is 1. The third-order valence-corrected chi connectivity index (χ3v) is 4.12. The molecule has 1 aromatic carbocycles. The second kappa shape index (κ2) is 8.49. The van der Waals surface area contributed by atoms with Gasteiger partial charge < -0.3 is 10.1 Å². The Morgan fingerprint density at radius 1 is 1.38 bits per heavy atom. The van der Waals surface area contributed by atoms with Crippen LogP contribution in [-0.4, -0.2) is 46.6 Å². The molecule has 0 aliphatic rings. The average Bonchev–Trinajstić information content (AvgIpc) is 2.60.